The number of aryl methyl sites for hydroxylation is 1. The molecule has 2 aromatic heterocycles. The van der Waals surface area contributed by atoms with Gasteiger partial charge in [-0.15, -0.1) is 0 Å². The summed E-state index contributed by atoms with van der Waals surface area (Å²) in [6.45, 7) is 4.56. The number of fused-ring (bicyclic) bond motifs is 1. The molecule has 0 spiro atoms. The second-order valence-corrected chi connectivity index (χ2v) is 5.19. The first-order chi connectivity index (χ1) is 9.60. The fourth-order valence-corrected chi connectivity index (χ4v) is 2.72. The molecule has 0 aromatic carbocycles. The zero-order chi connectivity index (χ0) is 14.3. The highest BCUT2D eigenvalue weighted by molar-refractivity contribution is 5.89. The Morgan fingerprint density at radius 1 is 1.50 bits per heavy atom. The van der Waals surface area contributed by atoms with Crippen molar-refractivity contribution < 1.29 is 9.53 Å². The third-order valence-electron chi connectivity index (χ3n) is 3.95. The van der Waals surface area contributed by atoms with Crippen LogP contribution in [0.25, 0.3) is 0 Å². The number of carbonyl (C=O) groups is 1. The first-order valence-corrected chi connectivity index (χ1v) is 6.57. The fourth-order valence-electron chi connectivity index (χ4n) is 2.72. The van der Waals surface area contributed by atoms with Crippen LogP contribution in [0.2, 0.25) is 0 Å². The van der Waals surface area contributed by atoms with Gasteiger partial charge in [-0.25, -0.2) is 4.79 Å². The predicted octanol–water partition coefficient (Wildman–Crippen LogP) is 1.36. The number of nitrogens with one attached hydrogen (secondary N) is 1. The SMILES string of the molecule is COC(=O)c1[nH]cc(CN2Cc3cnn(C)c3C2)c1C. The number of carbonyl (C=O) groups excluding carboxylic acids is 1. The number of hydrogen-bond donors (Lipinski definition) is 1. The van der Waals surface area contributed by atoms with E-state index in [-0.39, 0.29) is 5.97 Å². The van der Waals surface area contributed by atoms with Crippen LogP contribution in [0.1, 0.15) is 32.9 Å². The third-order valence-corrected chi connectivity index (χ3v) is 3.95. The lowest BCUT2D eigenvalue weighted by atomic mass is 10.1. The molecule has 0 aliphatic carbocycles. The van der Waals surface area contributed by atoms with Crippen LogP contribution in [0.3, 0.4) is 0 Å². The van der Waals surface area contributed by atoms with E-state index < -0.39 is 0 Å². The van der Waals surface area contributed by atoms with Crippen LogP contribution in [-0.4, -0.2) is 32.7 Å². The van der Waals surface area contributed by atoms with Crippen molar-refractivity contribution in [1.29, 1.82) is 0 Å². The smallest absolute Gasteiger partial charge is 0.354 e. The van der Waals surface area contributed by atoms with Crippen molar-refractivity contribution in [2.75, 3.05) is 7.11 Å². The molecule has 1 aliphatic rings. The number of H-pyrrole nitrogens is 1. The quantitative estimate of drug-likeness (QED) is 0.858. The zero-order valence-corrected chi connectivity index (χ0v) is 11.9. The normalized spacial score (nSPS) is 14.6. The average Bonchev–Trinajstić information content (AvgIpc) is 3.09. The van der Waals surface area contributed by atoms with E-state index in [1.165, 1.54) is 18.4 Å². The molecule has 0 bridgehead atoms. The second kappa shape index (κ2) is 4.79. The van der Waals surface area contributed by atoms with E-state index >= 15 is 0 Å². The maximum Gasteiger partial charge on any atom is 0.354 e. The van der Waals surface area contributed by atoms with Crippen molar-refractivity contribution in [1.82, 2.24) is 19.7 Å². The Balaban J connectivity index is 1.74. The summed E-state index contributed by atoms with van der Waals surface area (Å²) in [4.78, 5) is 16.9. The van der Waals surface area contributed by atoms with E-state index in [2.05, 4.69) is 15.0 Å². The number of esters is 1. The van der Waals surface area contributed by atoms with Crippen LogP contribution in [0.4, 0.5) is 0 Å². The summed E-state index contributed by atoms with van der Waals surface area (Å²) in [7, 11) is 3.37. The van der Waals surface area contributed by atoms with E-state index in [0.29, 0.717) is 5.69 Å². The van der Waals surface area contributed by atoms with Gasteiger partial charge in [0.2, 0.25) is 0 Å². The molecule has 0 saturated heterocycles. The Morgan fingerprint density at radius 3 is 3.00 bits per heavy atom. The Bertz CT molecular complexity index is 656. The molecule has 0 atom stereocenters. The van der Waals surface area contributed by atoms with Crippen LogP contribution in [-0.2, 0) is 31.4 Å². The molecule has 6 heteroatoms. The van der Waals surface area contributed by atoms with Crippen LogP contribution in [0.15, 0.2) is 12.4 Å². The monoisotopic (exact) mass is 274 g/mol. The van der Waals surface area contributed by atoms with Gasteiger partial charge in [0.05, 0.1) is 19.0 Å². The topological polar surface area (TPSA) is 63.2 Å². The lowest BCUT2D eigenvalue weighted by Gasteiger charge is -2.15. The maximum atomic E-state index is 11.6. The number of ether oxygens (including phenoxy) is 1. The average molecular weight is 274 g/mol. The van der Waals surface area contributed by atoms with Gasteiger partial charge in [0.15, 0.2) is 0 Å². The summed E-state index contributed by atoms with van der Waals surface area (Å²) in [6.07, 6.45) is 3.82. The first kappa shape index (κ1) is 12.9. The molecule has 0 radical (unpaired) electrons. The molecule has 1 N–H and O–H groups in total. The number of rotatable bonds is 3. The van der Waals surface area contributed by atoms with Crippen molar-refractivity contribution in [3.05, 3.63) is 40.5 Å². The van der Waals surface area contributed by atoms with Crippen molar-refractivity contribution in [3.8, 4) is 0 Å². The van der Waals surface area contributed by atoms with Gasteiger partial charge in [0, 0.05) is 38.4 Å². The molecular formula is C14H18N4O2. The highest BCUT2D eigenvalue weighted by Gasteiger charge is 2.24. The highest BCUT2D eigenvalue weighted by atomic mass is 16.5. The van der Waals surface area contributed by atoms with Crippen LogP contribution >= 0.6 is 0 Å². The van der Waals surface area contributed by atoms with Gasteiger partial charge < -0.3 is 9.72 Å². The van der Waals surface area contributed by atoms with E-state index in [1.54, 1.807) is 0 Å². The Kier molecular flexibility index (Phi) is 3.10. The van der Waals surface area contributed by atoms with Gasteiger partial charge in [-0.1, -0.05) is 0 Å². The van der Waals surface area contributed by atoms with Gasteiger partial charge >= 0.3 is 5.97 Å². The van der Waals surface area contributed by atoms with Crippen LogP contribution in [0, 0.1) is 6.92 Å². The second-order valence-electron chi connectivity index (χ2n) is 5.19. The molecule has 106 valence electrons. The molecule has 0 fully saturated rings. The predicted molar refractivity (Wildman–Crippen MR) is 73.0 cm³/mol. The summed E-state index contributed by atoms with van der Waals surface area (Å²) in [5, 5.41) is 4.26. The molecule has 20 heavy (non-hydrogen) atoms. The van der Waals surface area contributed by atoms with Gasteiger partial charge in [0.25, 0.3) is 0 Å². The molecule has 3 heterocycles. The zero-order valence-electron chi connectivity index (χ0n) is 11.9. The minimum Gasteiger partial charge on any atom is -0.464 e. The highest BCUT2D eigenvalue weighted by Crippen LogP contribution is 2.25. The molecular weight excluding hydrogens is 256 g/mol. The third kappa shape index (κ3) is 2.02. The van der Waals surface area contributed by atoms with E-state index in [9.17, 15) is 4.79 Å². The van der Waals surface area contributed by atoms with Gasteiger partial charge in [-0.05, 0) is 18.1 Å². The molecule has 3 rings (SSSR count). The Hall–Kier alpha value is -2.08. The van der Waals surface area contributed by atoms with Crippen molar-refractivity contribution in [2.24, 2.45) is 7.05 Å². The Morgan fingerprint density at radius 2 is 2.30 bits per heavy atom. The van der Waals surface area contributed by atoms with Gasteiger partial charge in [-0.3, -0.25) is 9.58 Å². The summed E-state index contributed by atoms with van der Waals surface area (Å²) < 4.78 is 6.69. The van der Waals surface area contributed by atoms with Crippen LogP contribution in [0.5, 0.6) is 0 Å². The van der Waals surface area contributed by atoms with Gasteiger partial charge in [-0.2, -0.15) is 5.10 Å². The molecule has 1 aliphatic heterocycles. The molecule has 6 nitrogen and oxygen atoms in total. The minimum atomic E-state index is -0.317. The number of methoxy groups -OCH3 is 1. The largest absolute Gasteiger partial charge is 0.464 e. The minimum absolute atomic E-state index is 0.317. The first-order valence-electron chi connectivity index (χ1n) is 6.57. The maximum absolute atomic E-state index is 11.6. The standard InChI is InChI=1S/C14H18N4O2/c1-9-10(4-15-13(9)14(19)20-3)6-18-7-11-5-16-17(2)12(11)8-18/h4-5,15H,6-8H2,1-3H3. The molecule has 0 saturated carbocycles. The van der Waals surface area contributed by atoms with E-state index in [0.717, 1.165) is 30.8 Å². The van der Waals surface area contributed by atoms with Crippen molar-refractivity contribution in [2.45, 2.75) is 26.6 Å². The number of aromatic amines is 1. The summed E-state index contributed by atoms with van der Waals surface area (Å²) in [5.41, 5.74) is 5.19. The molecule has 0 unspecified atom stereocenters. The fraction of sp³-hybridized carbons (Fsp3) is 0.429. The lowest BCUT2D eigenvalue weighted by molar-refractivity contribution is 0.0594. The van der Waals surface area contributed by atoms with E-state index in [4.69, 9.17) is 4.74 Å². The summed E-state index contributed by atoms with van der Waals surface area (Å²) in [5.74, 6) is -0.317. The number of hydrogen-bond acceptors (Lipinski definition) is 4. The van der Waals surface area contributed by atoms with Crippen molar-refractivity contribution in [3.63, 3.8) is 0 Å². The molecule has 2 aromatic rings. The van der Waals surface area contributed by atoms with Crippen molar-refractivity contribution >= 4 is 5.97 Å². The van der Waals surface area contributed by atoms with Gasteiger partial charge in [0.1, 0.15) is 5.69 Å². The lowest BCUT2D eigenvalue weighted by Crippen LogP contribution is -2.17. The number of aromatic nitrogens is 3. The summed E-state index contributed by atoms with van der Waals surface area (Å²) >= 11 is 0. The van der Waals surface area contributed by atoms with Crippen LogP contribution < -0.4 is 0 Å². The number of nitrogens with zero attached hydrogens (tertiary/aromatic N) is 3. The summed E-state index contributed by atoms with van der Waals surface area (Å²) in [6, 6.07) is 0. The Labute approximate surface area is 117 Å². The molecule has 0 amide bonds. The van der Waals surface area contributed by atoms with E-state index in [1.807, 2.05) is 31.0 Å².